The predicted molar refractivity (Wildman–Crippen MR) is 46.1 cm³/mol. The molecule has 1 saturated carbocycles. The first-order chi connectivity index (χ1) is 5.08. The van der Waals surface area contributed by atoms with Gasteiger partial charge in [-0.2, -0.15) is 0 Å². The minimum atomic E-state index is -3.32. The lowest BCUT2D eigenvalue weighted by molar-refractivity contribution is 0.387. The summed E-state index contributed by atoms with van der Waals surface area (Å²) in [5, 5.41) is 0. The van der Waals surface area contributed by atoms with Gasteiger partial charge in [0.15, 0.2) is 0 Å². The van der Waals surface area contributed by atoms with Crippen LogP contribution in [0.3, 0.4) is 0 Å². The highest BCUT2D eigenvalue weighted by Crippen LogP contribution is 2.27. The lowest BCUT2D eigenvalue weighted by atomic mass is 9.85. The number of halogens is 1. The Labute approximate surface area is 71.7 Å². The van der Waals surface area contributed by atoms with Crippen molar-refractivity contribution in [3.8, 4) is 0 Å². The van der Waals surface area contributed by atoms with Gasteiger partial charge in [-0.05, 0) is 18.8 Å². The van der Waals surface area contributed by atoms with Gasteiger partial charge in [-0.1, -0.05) is 18.6 Å². The second kappa shape index (κ2) is 3.59. The molecule has 11 heavy (non-hydrogen) atoms. The fourth-order valence-electron chi connectivity index (χ4n) is 0.995. The van der Waals surface area contributed by atoms with Gasteiger partial charge in [0.25, 0.3) is 0 Å². The van der Waals surface area contributed by atoms with Crippen LogP contribution in [0, 0.1) is 5.92 Å². The molecule has 0 aliphatic heterocycles. The van der Waals surface area contributed by atoms with E-state index in [-0.39, 0.29) is 5.75 Å². The Morgan fingerprint density at radius 2 is 2.09 bits per heavy atom. The fraction of sp³-hybridized carbons (Fsp3) is 0.714. The van der Waals surface area contributed by atoms with E-state index in [2.05, 4.69) is 0 Å². The van der Waals surface area contributed by atoms with Crippen LogP contribution in [0.1, 0.15) is 19.3 Å². The minimum absolute atomic E-state index is 0.0367. The standard InChI is InChI=1S/C7H11ClO2S/c8-11(9,10)6-2-5-7-3-1-4-7/h2,5,7H,1,3-4,6H2/b5-2+. The van der Waals surface area contributed by atoms with E-state index < -0.39 is 9.05 Å². The molecule has 1 aliphatic rings. The summed E-state index contributed by atoms with van der Waals surface area (Å²) in [5.74, 6) is 0.568. The molecule has 64 valence electrons. The lowest BCUT2D eigenvalue weighted by Gasteiger charge is -2.21. The molecule has 0 bridgehead atoms. The summed E-state index contributed by atoms with van der Waals surface area (Å²) in [5.41, 5.74) is 0. The molecular weight excluding hydrogens is 184 g/mol. The van der Waals surface area contributed by atoms with E-state index in [4.69, 9.17) is 10.7 Å². The molecule has 0 aromatic rings. The zero-order valence-electron chi connectivity index (χ0n) is 6.16. The van der Waals surface area contributed by atoms with E-state index in [9.17, 15) is 8.42 Å². The molecule has 0 amide bonds. The maximum atomic E-state index is 10.4. The third-order valence-electron chi connectivity index (χ3n) is 1.85. The molecule has 0 saturated heterocycles. The first-order valence-electron chi connectivity index (χ1n) is 3.67. The second-order valence-corrected chi connectivity index (χ2v) is 5.65. The molecule has 2 nitrogen and oxygen atoms in total. The smallest absolute Gasteiger partial charge is 0.212 e. The van der Waals surface area contributed by atoms with E-state index in [1.807, 2.05) is 6.08 Å². The molecule has 0 N–H and O–H groups in total. The topological polar surface area (TPSA) is 34.1 Å². The van der Waals surface area contributed by atoms with E-state index in [1.165, 1.54) is 19.3 Å². The molecule has 0 heterocycles. The van der Waals surface area contributed by atoms with Crippen LogP contribution in [-0.2, 0) is 9.05 Å². The van der Waals surface area contributed by atoms with Crippen LogP contribution >= 0.6 is 10.7 Å². The van der Waals surface area contributed by atoms with Gasteiger partial charge in [0.2, 0.25) is 9.05 Å². The number of hydrogen-bond donors (Lipinski definition) is 0. The van der Waals surface area contributed by atoms with Crippen LogP contribution in [0.25, 0.3) is 0 Å². The highest BCUT2D eigenvalue weighted by molar-refractivity contribution is 8.13. The van der Waals surface area contributed by atoms with Gasteiger partial charge in [0, 0.05) is 10.7 Å². The molecule has 0 aromatic heterocycles. The Balaban J connectivity index is 2.25. The highest BCUT2D eigenvalue weighted by atomic mass is 35.7. The molecule has 4 heteroatoms. The molecule has 1 aliphatic carbocycles. The van der Waals surface area contributed by atoms with E-state index in [1.54, 1.807) is 6.08 Å². The maximum absolute atomic E-state index is 10.4. The number of rotatable bonds is 3. The summed E-state index contributed by atoms with van der Waals surface area (Å²) in [6, 6.07) is 0. The van der Waals surface area contributed by atoms with Crippen molar-refractivity contribution in [3.63, 3.8) is 0 Å². The molecule has 1 fully saturated rings. The first-order valence-corrected chi connectivity index (χ1v) is 6.15. The molecule has 1 rings (SSSR count). The van der Waals surface area contributed by atoms with Gasteiger partial charge in [0.05, 0.1) is 5.75 Å². The summed E-state index contributed by atoms with van der Waals surface area (Å²) < 4.78 is 20.9. The Morgan fingerprint density at radius 3 is 2.45 bits per heavy atom. The number of hydrogen-bond acceptors (Lipinski definition) is 2. The summed E-state index contributed by atoms with van der Waals surface area (Å²) in [7, 11) is 1.68. The monoisotopic (exact) mass is 194 g/mol. The molecular formula is C7H11ClO2S. The zero-order chi connectivity index (χ0) is 8.32. The maximum Gasteiger partial charge on any atom is 0.236 e. The molecule has 0 radical (unpaired) electrons. The van der Waals surface area contributed by atoms with E-state index in [0.29, 0.717) is 5.92 Å². The van der Waals surface area contributed by atoms with Crippen molar-refractivity contribution in [1.82, 2.24) is 0 Å². The van der Waals surface area contributed by atoms with Crippen LogP contribution in [0.2, 0.25) is 0 Å². The zero-order valence-corrected chi connectivity index (χ0v) is 7.74. The van der Waals surface area contributed by atoms with Crippen molar-refractivity contribution in [2.24, 2.45) is 5.92 Å². The van der Waals surface area contributed by atoms with Gasteiger partial charge < -0.3 is 0 Å². The Hall–Kier alpha value is -0.0200. The summed E-state index contributed by atoms with van der Waals surface area (Å²) in [6.45, 7) is 0. The van der Waals surface area contributed by atoms with Crippen LogP contribution in [-0.4, -0.2) is 14.2 Å². The van der Waals surface area contributed by atoms with Crippen LogP contribution in [0.15, 0.2) is 12.2 Å². The molecule has 0 atom stereocenters. The second-order valence-electron chi connectivity index (χ2n) is 2.82. The van der Waals surface area contributed by atoms with Gasteiger partial charge in [-0.15, -0.1) is 0 Å². The van der Waals surface area contributed by atoms with Crippen LogP contribution in [0.5, 0.6) is 0 Å². The molecule has 0 aromatic carbocycles. The van der Waals surface area contributed by atoms with Crippen molar-refractivity contribution in [1.29, 1.82) is 0 Å². The lowest BCUT2D eigenvalue weighted by Crippen LogP contribution is -2.07. The average Bonchev–Trinajstić information content (AvgIpc) is 1.73. The van der Waals surface area contributed by atoms with Gasteiger partial charge in [-0.3, -0.25) is 0 Å². The predicted octanol–water partition coefficient (Wildman–Crippen LogP) is 1.91. The third-order valence-corrected chi connectivity index (χ3v) is 2.82. The fourth-order valence-corrected chi connectivity index (χ4v) is 1.55. The summed E-state index contributed by atoms with van der Waals surface area (Å²) in [6.07, 6.45) is 7.25. The van der Waals surface area contributed by atoms with Crippen molar-refractivity contribution in [2.45, 2.75) is 19.3 Å². The van der Waals surface area contributed by atoms with Crippen LogP contribution < -0.4 is 0 Å². The average molecular weight is 195 g/mol. The van der Waals surface area contributed by atoms with Gasteiger partial charge in [0.1, 0.15) is 0 Å². The minimum Gasteiger partial charge on any atom is -0.212 e. The van der Waals surface area contributed by atoms with Crippen molar-refractivity contribution in [2.75, 3.05) is 5.75 Å². The van der Waals surface area contributed by atoms with E-state index >= 15 is 0 Å². The summed E-state index contributed by atoms with van der Waals surface area (Å²) >= 11 is 0. The van der Waals surface area contributed by atoms with Crippen molar-refractivity contribution in [3.05, 3.63) is 12.2 Å². The van der Waals surface area contributed by atoms with Gasteiger partial charge in [-0.25, -0.2) is 8.42 Å². The summed E-state index contributed by atoms with van der Waals surface area (Å²) in [4.78, 5) is 0. The van der Waals surface area contributed by atoms with Crippen LogP contribution in [0.4, 0.5) is 0 Å². The van der Waals surface area contributed by atoms with Crippen molar-refractivity contribution >= 4 is 19.7 Å². The largest absolute Gasteiger partial charge is 0.236 e. The van der Waals surface area contributed by atoms with Gasteiger partial charge >= 0.3 is 0 Å². The highest BCUT2D eigenvalue weighted by Gasteiger charge is 2.13. The third kappa shape index (κ3) is 3.77. The Bertz CT molecular complexity index is 239. The number of allylic oxidation sites excluding steroid dienone is 1. The quantitative estimate of drug-likeness (QED) is 0.508. The normalized spacial score (nSPS) is 20.5. The molecule has 0 unspecified atom stereocenters. The van der Waals surface area contributed by atoms with Crippen molar-refractivity contribution < 1.29 is 8.42 Å². The SMILES string of the molecule is O=S(=O)(Cl)C/C=C/C1CCC1. The molecule has 0 spiro atoms. The Kier molecular flexibility index (Phi) is 2.96. The van der Waals surface area contributed by atoms with E-state index in [0.717, 1.165) is 0 Å². The first kappa shape index (κ1) is 9.07. The Morgan fingerprint density at radius 1 is 1.45 bits per heavy atom.